The molecular weight excluding hydrogens is 288 g/mol. The summed E-state index contributed by atoms with van der Waals surface area (Å²) in [6.07, 6.45) is 3.97. The van der Waals surface area contributed by atoms with E-state index < -0.39 is 0 Å². The van der Waals surface area contributed by atoms with Gasteiger partial charge in [-0.2, -0.15) is 0 Å². The van der Waals surface area contributed by atoms with Gasteiger partial charge in [0.25, 0.3) is 0 Å². The van der Waals surface area contributed by atoms with Crippen LogP contribution in [0.5, 0.6) is 0 Å². The lowest BCUT2D eigenvalue weighted by atomic mass is 10.2. The summed E-state index contributed by atoms with van der Waals surface area (Å²) >= 11 is 1.57. The molecule has 0 N–H and O–H groups in total. The smallest absolute Gasteiger partial charge is 0.151 e. The number of anilines is 1. The van der Waals surface area contributed by atoms with E-state index in [1.807, 2.05) is 6.07 Å². The van der Waals surface area contributed by atoms with E-state index >= 15 is 0 Å². The highest BCUT2D eigenvalue weighted by Gasteiger charge is 2.19. The number of hydrogen-bond acceptors (Lipinski definition) is 7. The largest absolute Gasteiger partial charge is 0.378 e. The van der Waals surface area contributed by atoms with Crippen LogP contribution >= 0.6 is 11.3 Å². The zero-order valence-corrected chi connectivity index (χ0v) is 12.0. The highest BCUT2D eigenvalue weighted by molar-refractivity contribution is 7.25. The molecule has 1 saturated heterocycles. The van der Waals surface area contributed by atoms with E-state index in [0.717, 1.165) is 45.6 Å². The van der Waals surface area contributed by atoms with Gasteiger partial charge in [0.2, 0.25) is 0 Å². The van der Waals surface area contributed by atoms with Crippen molar-refractivity contribution < 1.29 is 9.53 Å². The van der Waals surface area contributed by atoms with E-state index in [2.05, 4.69) is 19.9 Å². The van der Waals surface area contributed by atoms with Gasteiger partial charge in [-0.15, -0.1) is 11.3 Å². The normalized spacial score (nSPS) is 15.7. The third-order valence-electron chi connectivity index (χ3n) is 3.56. The molecule has 0 atom stereocenters. The van der Waals surface area contributed by atoms with Crippen LogP contribution in [0.1, 0.15) is 10.4 Å². The third kappa shape index (κ3) is 2.05. The molecule has 21 heavy (non-hydrogen) atoms. The molecule has 0 unspecified atom stereocenters. The Morgan fingerprint density at radius 1 is 1.24 bits per heavy atom. The number of hydrogen-bond donors (Lipinski definition) is 0. The SMILES string of the molecule is O=Cc1cnc2sc3c(N4CCOCC4)ncnc3c2c1. The van der Waals surface area contributed by atoms with E-state index in [1.54, 1.807) is 23.9 Å². The first kappa shape index (κ1) is 12.6. The second-order valence-corrected chi connectivity index (χ2v) is 5.81. The van der Waals surface area contributed by atoms with Crippen molar-refractivity contribution in [2.75, 3.05) is 31.2 Å². The van der Waals surface area contributed by atoms with Crippen LogP contribution in [0.25, 0.3) is 20.4 Å². The molecule has 106 valence electrons. The summed E-state index contributed by atoms with van der Waals surface area (Å²) < 4.78 is 6.41. The molecule has 4 heterocycles. The first-order chi connectivity index (χ1) is 10.4. The summed E-state index contributed by atoms with van der Waals surface area (Å²) in [5.41, 5.74) is 1.43. The van der Waals surface area contributed by atoms with Gasteiger partial charge in [0.1, 0.15) is 17.0 Å². The molecule has 4 rings (SSSR count). The number of carbonyl (C=O) groups is 1. The average Bonchev–Trinajstić information content (AvgIpc) is 2.93. The fraction of sp³-hybridized carbons (Fsp3) is 0.286. The standard InChI is InChI=1S/C14H12N4O2S/c19-7-9-5-10-11-12(21-14(10)15-6-9)13(17-8-16-11)18-1-3-20-4-2-18/h5-8H,1-4H2. The number of pyridine rings is 1. The van der Waals surface area contributed by atoms with Gasteiger partial charge in [0, 0.05) is 30.2 Å². The van der Waals surface area contributed by atoms with E-state index in [-0.39, 0.29) is 0 Å². The number of carbonyl (C=O) groups excluding carboxylic acids is 1. The molecule has 3 aromatic rings. The monoisotopic (exact) mass is 300 g/mol. The number of thiophene rings is 1. The van der Waals surface area contributed by atoms with Gasteiger partial charge in [-0.25, -0.2) is 15.0 Å². The summed E-state index contributed by atoms with van der Waals surface area (Å²) in [5, 5.41) is 0.913. The molecule has 1 aliphatic heterocycles. The molecule has 0 saturated carbocycles. The Morgan fingerprint density at radius 3 is 2.90 bits per heavy atom. The summed E-state index contributed by atoms with van der Waals surface area (Å²) in [6, 6.07) is 1.84. The highest BCUT2D eigenvalue weighted by Crippen LogP contribution is 2.36. The van der Waals surface area contributed by atoms with Gasteiger partial charge < -0.3 is 9.64 Å². The number of morpholine rings is 1. The second kappa shape index (κ2) is 5.01. The maximum Gasteiger partial charge on any atom is 0.151 e. The Bertz CT molecular complexity index is 826. The maximum absolute atomic E-state index is 10.9. The Morgan fingerprint density at radius 2 is 2.10 bits per heavy atom. The van der Waals surface area contributed by atoms with Crippen molar-refractivity contribution in [1.29, 1.82) is 0 Å². The number of fused-ring (bicyclic) bond motifs is 3. The molecule has 0 aromatic carbocycles. The van der Waals surface area contributed by atoms with Crippen molar-refractivity contribution in [3.63, 3.8) is 0 Å². The van der Waals surface area contributed by atoms with E-state index in [0.29, 0.717) is 18.8 Å². The number of nitrogens with zero attached hydrogens (tertiary/aromatic N) is 4. The zero-order valence-electron chi connectivity index (χ0n) is 11.2. The Hall–Kier alpha value is -2.12. The third-order valence-corrected chi connectivity index (χ3v) is 4.66. The van der Waals surface area contributed by atoms with Crippen molar-refractivity contribution in [2.45, 2.75) is 0 Å². The maximum atomic E-state index is 10.9. The van der Waals surface area contributed by atoms with Gasteiger partial charge in [-0.1, -0.05) is 0 Å². The molecule has 0 bridgehead atoms. The molecule has 0 aliphatic carbocycles. The van der Waals surface area contributed by atoms with E-state index in [4.69, 9.17) is 4.74 Å². The minimum Gasteiger partial charge on any atom is -0.378 e. The predicted octanol–water partition coefficient (Wildman–Crippen LogP) is 1.89. The first-order valence-electron chi connectivity index (χ1n) is 6.68. The Kier molecular flexibility index (Phi) is 3.01. The van der Waals surface area contributed by atoms with Crippen molar-refractivity contribution in [3.8, 4) is 0 Å². The van der Waals surface area contributed by atoms with Crippen LogP contribution in [-0.4, -0.2) is 47.5 Å². The fourth-order valence-corrected chi connectivity index (χ4v) is 3.63. The molecule has 1 fully saturated rings. The van der Waals surface area contributed by atoms with Crippen molar-refractivity contribution >= 4 is 43.9 Å². The van der Waals surface area contributed by atoms with Crippen LogP contribution in [0, 0.1) is 0 Å². The van der Waals surface area contributed by atoms with Crippen LogP contribution in [0.15, 0.2) is 18.6 Å². The fourth-order valence-electron chi connectivity index (χ4n) is 2.53. The predicted molar refractivity (Wildman–Crippen MR) is 81.1 cm³/mol. The van der Waals surface area contributed by atoms with Gasteiger partial charge in [-0.05, 0) is 6.07 Å². The quantitative estimate of drug-likeness (QED) is 0.673. The summed E-state index contributed by atoms with van der Waals surface area (Å²) in [6.45, 7) is 3.08. The molecule has 0 radical (unpaired) electrons. The zero-order chi connectivity index (χ0) is 14.2. The summed E-state index contributed by atoms with van der Waals surface area (Å²) in [4.78, 5) is 27.2. The van der Waals surface area contributed by atoms with Crippen molar-refractivity contribution in [3.05, 3.63) is 24.2 Å². The highest BCUT2D eigenvalue weighted by atomic mass is 32.1. The van der Waals surface area contributed by atoms with E-state index in [1.165, 1.54) is 0 Å². The van der Waals surface area contributed by atoms with Crippen LogP contribution in [0.2, 0.25) is 0 Å². The number of ether oxygens (including phenoxy) is 1. The van der Waals surface area contributed by atoms with Crippen molar-refractivity contribution in [1.82, 2.24) is 15.0 Å². The first-order valence-corrected chi connectivity index (χ1v) is 7.49. The topological polar surface area (TPSA) is 68.2 Å². The molecule has 0 spiro atoms. The average molecular weight is 300 g/mol. The minimum absolute atomic E-state index is 0.564. The van der Waals surface area contributed by atoms with Gasteiger partial charge in [0.15, 0.2) is 6.29 Å². The molecular formula is C14H12N4O2S. The summed E-state index contributed by atoms with van der Waals surface area (Å²) in [7, 11) is 0. The van der Waals surface area contributed by atoms with Crippen LogP contribution in [0.3, 0.4) is 0 Å². The second-order valence-electron chi connectivity index (χ2n) is 4.82. The van der Waals surface area contributed by atoms with Gasteiger partial charge in [-0.3, -0.25) is 4.79 Å². The number of rotatable bonds is 2. The van der Waals surface area contributed by atoms with Crippen LogP contribution in [-0.2, 0) is 4.74 Å². The lowest BCUT2D eigenvalue weighted by Crippen LogP contribution is -2.36. The molecule has 0 amide bonds. The lowest BCUT2D eigenvalue weighted by molar-refractivity contribution is 0.112. The van der Waals surface area contributed by atoms with Crippen molar-refractivity contribution in [2.24, 2.45) is 0 Å². The molecule has 3 aromatic heterocycles. The number of aldehydes is 1. The van der Waals surface area contributed by atoms with Gasteiger partial charge >= 0.3 is 0 Å². The van der Waals surface area contributed by atoms with E-state index in [9.17, 15) is 4.79 Å². The Labute approximate surface area is 124 Å². The lowest BCUT2D eigenvalue weighted by Gasteiger charge is -2.27. The molecule has 7 heteroatoms. The summed E-state index contributed by atoms with van der Waals surface area (Å²) in [5.74, 6) is 0.930. The van der Waals surface area contributed by atoms with Crippen LogP contribution < -0.4 is 4.90 Å². The molecule has 6 nitrogen and oxygen atoms in total. The molecule has 1 aliphatic rings. The minimum atomic E-state index is 0.564. The number of aromatic nitrogens is 3. The van der Waals surface area contributed by atoms with Crippen LogP contribution in [0.4, 0.5) is 5.82 Å². The van der Waals surface area contributed by atoms with Gasteiger partial charge in [0.05, 0.1) is 23.4 Å². The Balaban J connectivity index is 1.94.